The third-order valence-corrected chi connectivity index (χ3v) is 3.44. The standard InChI is InChI=1S/C12H21N3O2S.ClH/c1-5-15(6-2)11-8-7-10(13)12(9(11)3)14-18(4,16)17;/h7-8,14H,5-6,13H2,1-4H3;1H. The second-order valence-corrected chi connectivity index (χ2v) is 5.97. The molecule has 0 heterocycles. The molecular formula is C12H22ClN3O2S. The van der Waals surface area contributed by atoms with Gasteiger partial charge in [0.1, 0.15) is 0 Å². The lowest BCUT2D eigenvalue weighted by Crippen LogP contribution is -2.23. The van der Waals surface area contributed by atoms with Crippen molar-refractivity contribution in [3.8, 4) is 0 Å². The number of nitrogens with one attached hydrogen (secondary N) is 1. The summed E-state index contributed by atoms with van der Waals surface area (Å²) in [5.74, 6) is 0. The van der Waals surface area contributed by atoms with Gasteiger partial charge in [-0.05, 0) is 38.5 Å². The number of rotatable bonds is 5. The molecule has 7 heteroatoms. The molecule has 0 spiro atoms. The molecule has 0 bridgehead atoms. The quantitative estimate of drug-likeness (QED) is 0.818. The number of sulfonamides is 1. The van der Waals surface area contributed by atoms with E-state index in [-0.39, 0.29) is 12.4 Å². The summed E-state index contributed by atoms with van der Waals surface area (Å²) in [4.78, 5) is 2.15. The van der Waals surface area contributed by atoms with E-state index in [1.807, 2.05) is 13.0 Å². The fourth-order valence-corrected chi connectivity index (χ4v) is 2.59. The van der Waals surface area contributed by atoms with E-state index in [1.54, 1.807) is 6.07 Å². The summed E-state index contributed by atoms with van der Waals surface area (Å²) in [5, 5.41) is 0. The topological polar surface area (TPSA) is 75.4 Å². The highest BCUT2D eigenvalue weighted by atomic mass is 35.5. The van der Waals surface area contributed by atoms with Crippen molar-refractivity contribution < 1.29 is 8.42 Å². The number of anilines is 3. The van der Waals surface area contributed by atoms with Gasteiger partial charge in [0.2, 0.25) is 10.0 Å². The predicted molar refractivity (Wildman–Crippen MR) is 84.9 cm³/mol. The van der Waals surface area contributed by atoms with Gasteiger partial charge < -0.3 is 10.6 Å². The van der Waals surface area contributed by atoms with Crippen molar-refractivity contribution >= 4 is 39.5 Å². The molecule has 0 aromatic heterocycles. The Kier molecular flexibility index (Phi) is 6.45. The summed E-state index contributed by atoms with van der Waals surface area (Å²) in [5.41, 5.74) is 8.60. The van der Waals surface area contributed by atoms with E-state index >= 15 is 0 Å². The lowest BCUT2D eigenvalue weighted by molar-refractivity contribution is 0.607. The Morgan fingerprint density at radius 2 is 1.79 bits per heavy atom. The van der Waals surface area contributed by atoms with Crippen LogP contribution in [-0.2, 0) is 10.0 Å². The molecular weight excluding hydrogens is 286 g/mol. The Labute approximate surface area is 121 Å². The Morgan fingerprint density at radius 1 is 1.26 bits per heavy atom. The van der Waals surface area contributed by atoms with E-state index in [1.165, 1.54) is 0 Å². The van der Waals surface area contributed by atoms with E-state index in [9.17, 15) is 8.42 Å². The minimum atomic E-state index is -3.33. The molecule has 0 radical (unpaired) electrons. The van der Waals surface area contributed by atoms with Crippen LogP contribution in [0, 0.1) is 6.92 Å². The van der Waals surface area contributed by atoms with Crippen molar-refractivity contribution in [2.45, 2.75) is 20.8 Å². The van der Waals surface area contributed by atoms with Gasteiger partial charge in [0.15, 0.2) is 0 Å². The first-order valence-corrected chi connectivity index (χ1v) is 7.81. The van der Waals surface area contributed by atoms with Crippen molar-refractivity contribution in [3.63, 3.8) is 0 Å². The van der Waals surface area contributed by atoms with Crippen LogP contribution in [0.3, 0.4) is 0 Å². The molecule has 1 aromatic carbocycles. The van der Waals surface area contributed by atoms with Crippen molar-refractivity contribution in [1.29, 1.82) is 0 Å². The minimum absolute atomic E-state index is 0. The first kappa shape index (κ1) is 17.9. The maximum absolute atomic E-state index is 11.3. The van der Waals surface area contributed by atoms with E-state index in [4.69, 9.17) is 5.73 Å². The summed E-state index contributed by atoms with van der Waals surface area (Å²) in [6.45, 7) is 7.71. The fraction of sp³-hybridized carbons (Fsp3) is 0.500. The number of benzene rings is 1. The van der Waals surface area contributed by atoms with Crippen LogP contribution < -0.4 is 15.4 Å². The van der Waals surface area contributed by atoms with Crippen LogP contribution >= 0.6 is 12.4 Å². The maximum atomic E-state index is 11.3. The second kappa shape index (κ2) is 6.86. The average Bonchev–Trinajstić information content (AvgIpc) is 2.27. The molecule has 1 aromatic rings. The molecule has 0 amide bonds. The van der Waals surface area contributed by atoms with Gasteiger partial charge in [-0.2, -0.15) is 0 Å². The summed E-state index contributed by atoms with van der Waals surface area (Å²) in [6.07, 6.45) is 1.12. The van der Waals surface area contributed by atoms with Crippen molar-refractivity contribution in [3.05, 3.63) is 17.7 Å². The number of nitrogens with zero attached hydrogens (tertiary/aromatic N) is 1. The molecule has 19 heavy (non-hydrogen) atoms. The zero-order valence-corrected chi connectivity index (χ0v) is 13.4. The molecule has 3 N–H and O–H groups in total. The molecule has 0 unspecified atom stereocenters. The zero-order chi connectivity index (χ0) is 13.9. The number of hydrogen-bond acceptors (Lipinski definition) is 4. The van der Waals surface area contributed by atoms with Gasteiger partial charge in [-0.15, -0.1) is 12.4 Å². The highest BCUT2D eigenvalue weighted by molar-refractivity contribution is 7.92. The Balaban J connectivity index is 0.00000324. The predicted octanol–water partition coefficient (Wildman–Crippen LogP) is 2.22. The fourth-order valence-electron chi connectivity index (χ4n) is 1.95. The molecule has 1 rings (SSSR count). The lowest BCUT2D eigenvalue weighted by Gasteiger charge is -2.25. The van der Waals surface area contributed by atoms with E-state index in [0.29, 0.717) is 11.4 Å². The van der Waals surface area contributed by atoms with E-state index in [0.717, 1.165) is 30.6 Å². The van der Waals surface area contributed by atoms with Crippen LogP contribution in [0.4, 0.5) is 17.1 Å². The summed E-state index contributed by atoms with van der Waals surface area (Å²) < 4.78 is 25.2. The van der Waals surface area contributed by atoms with Crippen LogP contribution in [0.25, 0.3) is 0 Å². The van der Waals surface area contributed by atoms with E-state index in [2.05, 4.69) is 23.5 Å². The molecule has 0 aliphatic heterocycles. The Hall–Kier alpha value is -1.14. The highest BCUT2D eigenvalue weighted by Crippen LogP contribution is 2.32. The smallest absolute Gasteiger partial charge is 0.229 e. The summed E-state index contributed by atoms with van der Waals surface area (Å²) >= 11 is 0. The van der Waals surface area contributed by atoms with Gasteiger partial charge >= 0.3 is 0 Å². The van der Waals surface area contributed by atoms with Crippen molar-refractivity contribution in [1.82, 2.24) is 0 Å². The molecule has 0 saturated carbocycles. The summed E-state index contributed by atoms with van der Waals surface area (Å²) in [7, 11) is -3.33. The third-order valence-electron chi connectivity index (χ3n) is 2.86. The molecule has 0 atom stereocenters. The minimum Gasteiger partial charge on any atom is -0.397 e. The van der Waals surface area contributed by atoms with Crippen molar-refractivity contribution in [2.75, 3.05) is 34.7 Å². The number of halogens is 1. The normalized spacial score (nSPS) is 10.7. The zero-order valence-electron chi connectivity index (χ0n) is 11.7. The SMILES string of the molecule is CCN(CC)c1ccc(N)c(NS(C)(=O)=O)c1C.Cl. The molecule has 0 fully saturated rings. The average molecular weight is 308 g/mol. The number of nitrogens with two attached hydrogens (primary N) is 1. The molecule has 5 nitrogen and oxygen atoms in total. The number of nitrogen functional groups attached to an aromatic ring is 1. The van der Waals surface area contributed by atoms with Gasteiger partial charge in [-0.3, -0.25) is 4.72 Å². The maximum Gasteiger partial charge on any atom is 0.229 e. The van der Waals surface area contributed by atoms with Gasteiger partial charge in [0, 0.05) is 18.8 Å². The Bertz CT molecular complexity index is 528. The van der Waals surface area contributed by atoms with Crippen LogP contribution in [0.15, 0.2) is 12.1 Å². The molecule has 0 saturated heterocycles. The van der Waals surface area contributed by atoms with Gasteiger partial charge in [0.05, 0.1) is 17.6 Å². The molecule has 0 aliphatic rings. The first-order valence-electron chi connectivity index (χ1n) is 5.92. The van der Waals surface area contributed by atoms with Crippen LogP contribution in [-0.4, -0.2) is 27.8 Å². The third kappa shape index (κ3) is 4.47. The summed E-state index contributed by atoms with van der Waals surface area (Å²) in [6, 6.07) is 3.65. The molecule has 110 valence electrons. The Morgan fingerprint density at radius 3 is 2.21 bits per heavy atom. The van der Waals surface area contributed by atoms with E-state index < -0.39 is 10.0 Å². The van der Waals surface area contributed by atoms with Crippen molar-refractivity contribution in [2.24, 2.45) is 0 Å². The van der Waals surface area contributed by atoms with Crippen LogP contribution in [0.2, 0.25) is 0 Å². The lowest BCUT2D eigenvalue weighted by atomic mass is 10.1. The van der Waals surface area contributed by atoms with Crippen LogP contribution in [0.1, 0.15) is 19.4 Å². The largest absolute Gasteiger partial charge is 0.397 e. The highest BCUT2D eigenvalue weighted by Gasteiger charge is 2.14. The molecule has 0 aliphatic carbocycles. The van der Waals surface area contributed by atoms with Gasteiger partial charge in [-0.1, -0.05) is 0 Å². The van der Waals surface area contributed by atoms with Gasteiger partial charge in [0.25, 0.3) is 0 Å². The first-order chi connectivity index (χ1) is 8.30. The second-order valence-electron chi connectivity index (χ2n) is 4.22. The van der Waals surface area contributed by atoms with Gasteiger partial charge in [-0.25, -0.2) is 8.42 Å². The number of hydrogen-bond donors (Lipinski definition) is 2. The van der Waals surface area contributed by atoms with Crippen LogP contribution in [0.5, 0.6) is 0 Å². The monoisotopic (exact) mass is 307 g/mol.